The summed E-state index contributed by atoms with van der Waals surface area (Å²) < 4.78 is 5.68. The van der Waals surface area contributed by atoms with Crippen LogP contribution in [0, 0.1) is 29.6 Å². The fraction of sp³-hybridized carbons (Fsp3) is 0.667. The van der Waals surface area contributed by atoms with Crippen molar-refractivity contribution >= 4 is 23.8 Å². The molecule has 0 spiro atoms. The molecule has 38 heavy (non-hydrogen) atoms. The maximum Gasteiger partial charge on any atom is 0.334 e. The molecular formula is C30H41NO7. The molecule has 0 radical (unpaired) electrons. The first kappa shape index (κ1) is 28.1. The Hall–Kier alpha value is -2.90. The van der Waals surface area contributed by atoms with E-state index in [0.29, 0.717) is 23.0 Å². The summed E-state index contributed by atoms with van der Waals surface area (Å²) in [6, 6.07) is 2.54. The summed E-state index contributed by atoms with van der Waals surface area (Å²) in [5.41, 5.74) is 4.27. The molecule has 0 aromatic heterocycles. The molecular weight excluding hydrogens is 486 g/mol. The Morgan fingerprint density at radius 1 is 1.03 bits per heavy atom. The molecule has 1 aromatic carbocycles. The first-order valence-electron chi connectivity index (χ1n) is 13.8. The smallest absolute Gasteiger partial charge is 0.334 e. The van der Waals surface area contributed by atoms with Crippen LogP contribution in [0.1, 0.15) is 95.8 Å². The van der Waals surface area contributed by atoms with Gasteiger partial charge in [0.1, 0.15) is 18.2 Å². The lowest BCUT2D eigenvalue weighted by Gasteiger charge is -2.61. The molecule has 0 saturated heterocycles. The number of carboxylic acids is 2. The van der Waals surface area contributed by atoms with E-state index in [2.05, 4.69) is 39.9 Å². The molecule has 3 N–H and O–H groups in total. The number of ether oxygens (including phenoxy) is 1. The summed E-state index contributed by atoms with van der Waals surface area (Å²) in [5, 5.41) is 20.2. The zero-order chi connectivity index (χ0) is 28.0. The van der Waals surface area contributed by atoms with E-state index in [1.54, 1.807) is 0 Å². The highest BCUT2D eigenvalue weighted by Crippen LogP contribution is 2.67. The highest BCUT2D eigenvalue weighted by Gasteiger charge is 2.61. The van der Waals surface area contributed by atoms with Crippen molar-refractivity contribution in [3.8, 4) is 5.75 Å². The van der Waals surface area contributed by atoms with E-state index in [0.717, 1.165) is 18.4 Å². The van der Waals surface area contributed by atoms with Gasteiger partial charge in [-0.1, -0.05) is 34.1 Å². The van der Waals surface area contributed by atoms with Gasteiger partial charge < -0.3 is 20.3 Å². The van der Waals surface area contributed by atoms with Gasteiger partial charge in [0, 0.05) is 6.42 Å². The Bertz CT molecular complexity index is 1160. The SMILES string of the molecule is Cc1cc(OC(=O)C(CCC(=O)O)NC(=O)CC(=O)O)cc2c1C1(C)CCC3C(C)(C)CCC[C@]3(C)[C@H]1C2. The van der Waals surface area contributed by atoms with Gasteiger partial charge in [0.05, 0.1) is 0 Å². The third-order valence-electron chi connectivity index (χ3n) is 9.98. The van der Waals surface area contributed by atoms with Crippen molar-refractivity contribution in [3.63, 3.8) is 0 Å². The van der Waals surface area contributed by atoms with E-state index in [1.807, 2.05) is 12.1 Å². The monoisotopic (exact) mass is 527 g/mol. The van der Waals surface area contributed by atoms with Gasteiger partial charge in [-0.25, -0.2) is 4.79 Å². The summed E-state index contributed by atoms with van der Waals surface area (Å²) in [4.78, 5) is 47.0. The number of benzene rings is 1. The lowest BCUT2D eigenvalue weighted by atomic mass is 9.43. The van der Waals surface area contributed by atoms with E-state index >= 15 is 0 Å². The Kier molecular flexibility index (Phi) is 7.40. The minimum Gasteiger partial charge on any atom is -0.481 e. The van der Waals surface area contributed by atoms with Crippen LogP contribution in [0.15, 0.2) is 12.1 Å². The molecule has 2 saturated carbocycles. The van der Waals surface area contributed by atoms with Crippen LogP contribution in [0.4, 0.5) is 0 Å². The number of carbonyl (C=O) groups excluding carboxylic acids is 2. The molecule has 2 fully saturated rings. The van der Waals surface area contributed by atoms with Gasteiger partial charge in [0.2, 0.25) is 5.91 Å². The van der Waals surface area contributed by atoms with Gasteiger partial charge in [0.15, 0.2) is 0 Å². The second-order valence-electron chi connectivity index (χ2n) is 12.9. The van der Waals surface area contributed by atoms with Gasteiger partial charge in [-0.2, -0.15) is 0 Å². The number of rotatable bonds is 8. The summed E-state index contributed by atoms with van der Waals surface area (Å²) in [7, 11) is 0. The third-order valence-corrected chi connectivity index (χ3v) is 9.98. The fourth-order valence-corrected chi connectivity index (χ4v) is 8.58. The van der Waals surface area contributed by atoms with Crippen molar-refractivity contribution in [1.82, 2.24) is 5.32 Å². The molecule has 0 bridgehead atoms. The van der Waals surface area contributed by atoms with Gasteiger partial charge in [-0.3, -0.25) is 14.4 Å². The summed E-state index contributed by atoms with van der Waals surface area (Å²) >= 11 is 0. The van der Waals surface area contributed by atoms with Crippen molar-refractivity contribution in [2.45, 2.75) is 104 Å². The topological polar surface area (TPSA) is 130 Å². The summed E-state index contributed by atoms with van der Waals surface area (Å²) in [5.74, 6) is -2.58. The molecule has 208 valence electrons. The number of nitrogens with one attached hydrogen (secondary N) is 1. The number of hydrogen-bond acceptors (Lipinski definition) is 5. The highest BCUT2D eigenvalue weighted by molar-refractivity contribution is 5.95. The van der Waals surface area contributed by atoms with Crippen molar-refractivity contribution < 1.29 is 34.1 Å². The number of aryl methyl sites for hydroxylation is 1. The molecule has 5 atom stereocenters. The average molecular weight is 528 g/mol. The van der Waals surface area contributed by atoms with Crippen LogP contribution < -0.4 is 10.1 Å². The quantitative estimate of drug-likeness (QED) is 0.252. The Labute approximate surface area is 224 Å². The molecule has 8 heteroatoms. The van der Waals surface area contributed by atoms with Crippen LogP contribution in [0.5, 0.6) is 5.75 Å². The van der Waals surface area contributed by atoms with E-state index < -0.39 is 36.3 Å². The Balaban J connectivity index is 1.58. The van der Waals surface area contributed by atoms with Crippen LogP contribution in [-0.2, 0) is 31.0 Å². The molecule has 0 aliphatic heterocycles. The van der Waals surface area contributed by atoms with Crippen LogP contribution in [0.25, 0.3) is 0 Å². The fourth-order valence-electron chi connectivity index (χ4n) is 8.58. The van der Waals surface area contributed by atoms with E-state index in [1.165, 1.54) is 36.8 Å². The van der Waals surface area contributed by atoms with Crippen LogP contribution in [0.3, 0.4) is 0 Å². The molecule has 3 aliphatic carbocycles. The van der Waals surface area contributed by atoms with Gasteiger partial charge in [0.25, 0.3) is 0 Å². The second kappa shape index (κ2) is 10.0. The first-order chi connectivity index (χ1) is 17.7. The first-order valence-corrected chi connectivity index (χ1v) is 13.8. The average Bonchev–Trinajstić information content (AvgIpc) is 3.09. The third kappa shape index (κ3) is 5.06. The van der Waals surface area contributed by atoms with Gasteiger partial charge in [-0.15, -0.1) is 0 Å². The number of carboxylic acid groups (broad SMARTS) is 2. The van der Waals surface area contributed by atoms with Crippen molar-refractivity contribution in [2.24, 2.45) is 22.7 Å². The van der Waals surface area contributed by atoms with Crippen molar-refractivity contribution in [1.29, 1.82) is 0 Å². The number of amides is 1. The molecule has 1 aromatic rings. The van der Waals surface area contributed by atoms with Crippen LogP contribution in [0.2, 0.25) is 0 Å². The number of aliphatic carboxylic acids is 2. The van der Waals surface area contributed by atoms with Crippen LogP contribution in [-0.4, -0.2) is 40.1 Å². The highest BCUT2D eigenvalue weighted by atomic mass is 16.5. The minimum absolute atomic E-state index is 0.0649. The molecule has 8 nitrogen and oxygen atoms in total. The number of esters is 1. The van der Waals surface area contributed by atoms with E-state index in [4.69, 9.17) is 14.9 Å². The summed E-state index contributed by atoms with van der Waals surface area (Å²) in [6.45, 7) is 11.8. The molecule has 4 rings (SSSR count). The molecule has 0 heterocycles. The number of fused-ring (bicyclic) bond motifs is 5. The molecule has 3 aliphatic rings. The standard InChI is InChI=1S/C30H41NO7/c1-17-13-19(38-27(37)20(7-8-24(33)34)31-23(32)16-25(35)36)14-18-15-22-29(4)11-6-10-28(2,3)21(29)9-12-30(22,5)26(17)18/h13-14,20-22H,6-12,15-16H2,1-5H3,(H,31,32)(H,33,34)(H,35,36)/t20?,21?,22-,29+,30?/m1/s1. The minimum atomic E-state index is -1.34. The predicted molar refractivity (Wildman–Crippen MR) is 141 cm³/mol. The second-order valence-corrected chi connectivity index (χ2v) is 12.9. The predicted octanol–water partition coefficient (Wildman–Crippen LogP) is 4.78. The number of hydrogen-bond donors (Lipinski definition) is 3. The number of carbonyl (C=O) groups is 4. The zero-order valence-electron chi connectivity index (χ0n) is 23.2. The Morgan fingerprint density at radius 2 is 1.74 bits per heavy atom. The largest absolute Gasteiger partial charge is 0.481 e. The van der Waals surface area contributed by atoms with Gasteiger partial charge in [-0.05, 0) is 102 Å². The van der Waals surface area contributed by atoms with E-state index in [9.17, 15) is 19.2 Å². The van der Waals surface area contributed by atoms with Crippen LogP contribution >= 0.6 is 0 Å². The van der Waals surface area contributed by atoms with Gasteiger partial charge >= 0.3 is 17.9 Å². The Morgan fingerprint density at radius 3 is 2.39 bits per heavy atom. The molecule has 3 unspecified atom stereocenters. The van der Waals surface area contributed by atoms with Crippen molar-refractivity contribution in [3.05, 3.63) is 28.8 Å². The molecule has 1 amide bonds. The lowest BCUT2D eigenvalue weighted by Crippen LogP contribution is -2.55. The maximum atomic E-state index is 13.0. The lowest BCUT2D eigenvalue weighted by molar-refractivity contribution is -0.145. The maximum absolute atomic E-state index is 13.0. The van der Waals surface area contributed by atoms with Crippen molar-refractivity contribution in [2.75, 3.05) is 0 Å². The van der Waals surface area contributed by atoms with E-state index in [-0.39, 0.29) is 23.7 Å². The normalized spacial score (nSPS) is 29.8. The zero-order valence-corrected chi connectivity index (χ0v) is 23.2. The summed E-state index contributed by atoms with van der Waals surface area (Å²) in [6.07, 6.45) is 5.66.